The van der Waals surface area contributed by atoms with Gasteiger partial charge in [0.1, 0.15) is 11.6 Å². The van der Waals surface area contributed by atoms with E-state index in [1.165, 1.54) is 0 Å². The highest BCUT2D eigenvalue weighted by atomic mass is 16.2. The SMILES string of the molecule is CN1Cc2cnc3ccc(-c4cnc(C#N)nc4)nc3c2N(C2CCNCC2)C1=O. The molecule has 9 heteroatoms. The number of rotatable bonds is 2. The summed E-state index contributed by atoms with van der Waals surface area (Å²) in [5.74, 6) is 0.115. The molecule has 0 saturated carbocycles. The lowest BCUT2D eigenvalue weighted by Crippen LogP contribution is -2.53. The summed E-state index contributed by atoms with van der Waals surface area (Å²) < 4.78 is 0. The van der Waals surface area contributed by atoms with Crippen LogP contribution in [0.1, 0.15) is 24.2 Å². The largest absolute Gasteiger partial charge is 0.324 e. The van der Waals surface area contributed by atoms with E-state index in [-0.39, 0.29) is 17.9 Å². The minimum Gasteiger partial charge on any atom is -0.323 e. The van der Waals surface area contributed by atoms with E-state index in [0.29, 0.717) is 23.3 Å². The number of aromatic nitrogens is 4. The predicted molar refractivity (Wildman–Crippen MR) is 111 cm³/mol. The van der Waals surface area contributed by atoms with Crippen LogP contribution in [0.5, 0.6) is 0 Å². The standard InChI is InChI=1S/C21H20N8O/c1-28-12-14-11-24-17-3-2-16(13-9-25-18(8-22)26-10-13)27-19(17)20(14)29(21(28)30)15-4-6-23-7-5-15/h2-3,9-11,15,23H,4-7,12H2,1H3. The Balaban J connectivity index is 1.67. The van der Waals surface area contributed by atoms with Crippen LogP contribution >= 0.6 is 0 Å². The van der Waals surface area contributed by atoms with Crippen molar-refractivity contribution < 1.29 is 4.79 Å². The number of carbonyl (C=O) groups excluding carboxylic acids is 1. The van der Waals surface area contributed by atoms with Gasteiger partial charge < -0.3 is 10.2 Å². The zero-order valence-corrected chi connectivity index (χ0v) is 16.5. The topological polar surface area (TPSA) is 111 Å². The fourth-order valence-electron chi connectivity index (χ4n) is 4.16. The molecule has 150 valence electrons. The summed E-state index contributed by atoms with van der Waals surface area (Å²) in [4.78, 5) is 34.4. The number of carbonyl (C=O) groups is 1. The molecule has 9 nitrogen and oxygen atoms in total. The second-order valence-corrected chi connectivity index (χ2v) is 7.59. The van der Waals surface area contributed by atoms with Crippen LogP contribution in [-0.4, -0.2) is 57.0 Å². The first-order valence-electron chi connectivity index (χ1n) is 9.92. The second kappa shape index (κ2) is 7.31. The van der Waals surface area contributed by atoms with Gasteiger partial charge in [0.15, 0.2) is 0 Å². The molecule has 2 aliphatic rings. The van der Waals surface area contributed by atoms with Gasteiger partial charge in [-0.1, -0.05) is 0 Å². The number of hydrogen-bond acceptors (Lipinski definition) is 7. The van der Waals surface area contributed by atoms with Crippen LogP contribution in [0.3, 0.4) is 0 Å². The molecule has 2 aliphatic heterocycles. The van der Waals surface area contributed by atoms with Crippen molar-refractivity contribution in [3.8, 4) is 17.3 Å². The Kier molecular flexibility index (Phi) is 4.48. The highest BCUT2D eigenvalue weighted by Gasteiger charge is 2.36. The Labute approximate surface area is 173 Å². The number of piperidine rings is 1. The van der Waals surface area contributed by atoms with Gasteiger partial charge in [0.05, 0.1) is 23.4 Å². The van der Waals surface area contributed by atoms with Gasteiger partial charge in [-0.25, -0.2) is 19.7 Å². The van der Waals surface area contributed by atoms with E-state index in [4.69, 9.17) is 10.2 Å². The summed E-state index contributed by atoms with van der Waals surface area (Å²) in [5.41, 5.74) is 4.67. The van der Waals surface area contributed by atoms with Crippen molar-refractivity contribution in [2.45, 2.75) is 25.4 Å². The quantitative estimate of drug-likeness (QED) is 0.701. The molecule has 5 rings (SSSR count). The first-order valence-corrected chi connectivity index (χ1v) is 9.92. The van der Waals surface area contributed by atoms with Crippen LogP contribution in [-0.2, 0) is 6.54 Å². The number of urea groups is 1. The molecule has 0 radical (unpaired) electrons. The highest BCUT2D eigenvalue weighted by Crippen LogP contribution is 2.37. The second-order valence-electron chi connectivity index (χ2n) is 7.59. The number of fused-ring (bicyclic) bond motifs is 3. The van der Waals surface area contributed by atoms with Crippen molar-refractivity contribution in [2.24, 2.45) is 0 Å². The number of nitrogens with one attached hydrogen (secondary N) is 1. The van der Waals surface area contributed by atoms with Crippen LogP contribution in [0.25, 0.3) is 22.3 Å². The molecule has 1 saturated heterocycles. The molecule has 1 fully saturated rings. The smallest absolute Gasteiger partial charge is 0.323 e. The maximum atomic E-state index is 13.2. The Morgan fingerprint density at radius 1 is 1.13 bits per heavy atom. The number of nitrogens with zero attached hydrogens (tertiary/aromatic N) is 7. The van der Waals surface area contributed by atoms with E-state index in [1.807, 2.05) is 36.3 Å². The molecule has 3 aromatic rings. The maximum Gasteiger partial charge on any atom is 0.324 e. The van der Waals surface area contributed by atoms with E-state index >= 15 is 0 Å². The normalized spacial score (nSPS) is 17.1. The van der Waals surface area contributed by atoms with Crippen LogP contribution < -0.4 is 10.2 Å². The zero-order valence-electron chi connectivity index (χ0n) is 16.5. The molecule has 0 aliphatic carbocycles. The summed E-state index contributed by atoms with van der Waals surface area (Å²) in [7, 11) is 1.82. The van der Waals surface area contributed by atoms with Gasteiger partial charge in [-0.05, 0) is 38.1 Å². The van der Waals surface area contributed by atoms with Crippen molar-refractivity contribution in [3.63, 3.8) is 0 Å². The van der Waals surface area contributed by atoms with Crippen molar-refractivity contribution in [1.82, 2.24) is 30.2 Å². The average Bonchev–Trinajstić information content (AvgIpc) is 2.80. The molecule has 1 N–H and O–H groups in total. The van der Waals surface area contributed by atoms with E-state index in [0.717, 1.165) is 42.7 Å². The van der Waals surface area contributed by atoms with Crippen molar-refractivity contribution in [3.05, 3.63) is 42.1 Å². The fraction of sp³-hybridized carbons (Fsp3) is 0.333. The molecular formula is C21H20N8O. The van der Waals surface area contributed by atoms with Crippen LogP contribution in [0.15, 0.2) is 30.7 Å². The Morgan fingerprint density at radius 3 is 2.63 bits per heavy atom. The van der Waals surface area contributed by atoms with Gasteiger partial charge >= 0.3 is 6.03 Å². The summed E-state index contributed by atoms with van der Waals surface area (Å²) in [6.07, 6.45) is 6.82. The minimum atomic E-state index is -0.00388. The third-order valence-electron chi connectivity index (χ3n) is 5.66. The fourth-order valence-corrected chi connectivity index (χ4v) is 4.16. The predicted octanol–water partition coefficient (Wildman–Crippen LogP) is 2.08. The van der Waals surface area contributed by atoms with Crippen molar-refractivity contribution >= 4 is 22.8 Å². The van der Waals surface area contributed by atoms with E-state index in [2.05, 4.69) is 20.3 Å². The molecular weight excluding hydrogens is 380 g/mol. The Bertz CT molecular complexity index is 1160. The molecule has 5 heterocycles. The monoisotopic (exact) mass is 400 g/mol. The van der Waals surface area contributed by atoms with Gasteiger partial charge in [-0.3, -0.25) is 9.88 Å². The van der Waals surface area contributed by atoms with Gasteiger partial charge in [-0.15, -0.1) is 0 Å². The average molecular weight is 400 g/mol. The molecule has 0 spiro atoms. The molecule has 0 unspecified atom stereocenters. The number of nitriles is 1. The minimum absolute atomic E-state index is 0.00388. The summed E-state index contributed by atoms with van der Waals surface area (Å²) >= 11 is 0. The molecule has 0 aromatic carbocycles. The summed E-state index contributed by atoms with van der Waals surface area (Å²) in [6.45, 7) is 2.28. The number of hydrogen-bond donors (Lipinski definition) is 1. The maximum absolute atomic E-state index is 13.2. The lowest BCUT2D eigenvalue weighted by molar-refractivity contribution is 0.205. The van der Waals surface area contributed by atoms with E-state index in [1.54, 1.807) is 17.3 Å². The van der Waals surface area contributed by atoms with Crippen molar-refractivity contribution in [2.75, 3.05) is 25.0 Å². The van der Waals surface area contributed by atoms with Crippen LogP contribution in [0.2, 0.25) is 0 Å². The third-order valence-corrected chi connectivity index (χ3v) is 5.66. The lowest BCUT2D eigenvalue weighted by atomic mass is 10.0. The van der Waals surface area contributed by atoms with Crippen molar-refractivity contribution in [1.29, 1.82) is 5.26 Å². The molecule has 3 aromatic heterocycles. The first-order chi connectivity index (χ1) is 14.7. The Morgan fingerprint density at radius 2 is 1.90 bits per heavy atom. The first kappa shape index (κ1) is 18.4. The Hall–Kier alpha value is -3.64. The van der Waals surface area contributed by atoms with E-state index in [9.17, 15) is 4.79 Å². The summed E-state index contributed by atoms with van der Waals surface area (Å²) in [5, 5.41) is 12.3. The van der Waals surface area contributed by atoms with Gasteiger partial charge in [0, 0.05) is 42.8 Å². The van der Waals surface area contributed by atoms with Crippen LogP contribution in [0, 0.1) is 11.3 Å². The number of anilines is 1. The zero-order chi connectivity index (χ0) is 20.7. The van der Waals surface area contributed by atoms with E-state index < -0.39 is 0 Å². The highest BCUT2D eigenvalue weighted by molar-refractivity contribution is 6.04. The molecule has 0 atom stereocenters. The van der Waals surface area contributed by atoms with Gasteiger partial charge in [0.2, 0.25) is 5.82 Å². The number of amides is 2. The molecule has 2 amide bonds. The van der Waals surface area contributed by atoms with Gasteiger partial charge in [-0.2, -0.15) is 5.26 Å². The molecule has 30 heavy (non-hydrogen) atoms. The van der Waals surface area contributed by atoms with Crippen LogP contribution in [0.4, 0.5) is 10.5 Å². The van der Waals surface area contributed by atoms with Gasteiger partial charge in [0.25, 0.3) is 0 Å². The molecule has 0 bridgehead atoms. The third kappa shape index (κ3) is 3.02. The summed E-state index contributed by atoms with van der Waals surface area (Å²) in [6, 6.07) is 5.80. The number of pyridine rings is 2. The lowest BCUT2D eigenvalue weighted by Gasteiger charge is -2.41.